The summed E-state index contributed by atoms with van der Waals surface area (Å²) in [6.07, 6.45) is 0. The Bertz CT molecular complexity index is 535. The van der Waals surface area contributed by atoms with Crippen LogP contribution in [0.4, 0.5) is 0 Å². The first-order valence-corrected chi connectivity index (χ1v) is 7.07. The van der Waals surface area contributed by atoms with Crippen LogP contribution < -0.4 is 5.73 Å². The van der Waals surface area contributed by atoms with Crippen molar-refractivity contribution in [3.8, 4) is 0 Å². The van der Waals surface area contributed by atoms with Crippen LogP contribution in [0.25, 0.3) is 0 Å². The zero-order valence-corrected chi connectivity index (χ0v) is 12.0. The van der Waals surface area contributed by atoms with Crippen molar-refractivity contribution >= 4 is 17.2 Å². The Hall–Kier alpha value is -1.65. The first kappa shape index (κ1) is 13.8. The number of amides is 1. The molecule has 0 aliphatic heterocycles. The summed E-state index contributed by atoms with van der Waals surface area (Å²) >= 11 is 1.63. The van der Waals surface area contributed by atoms with Gasteiger partial charge in [0.2, 0.25) is 5.91 Å². The minimum atomic E-state index is -0.994. The molecule has 0 spiro atoms. The SMILES string of the molecule is CN(Cc1ccsc1)C(=O)C(C)(N)c1ccccc1. The van der Waals surface area contributed by atoms with Crippen molar-refractivity contribution in [3.05, 3.63) is 58.3 Å². The van der Waals surface area contributed by atoms with Crippen LogP contribution in [0, 0.1) is 0 Å². The lowest BCUT2D eigenvalue weighted by atomic mass is 9.91. The van der Waals surface area contributed by atoms with E-state index in [2.05, 4.69) is 0 Å². The van der Waals surface area contributed by atoms with Gasteiger partial charge in [-0.3, -0.25) is 4.79 Å². The molecular weight excluding hydrogens is 256 g/mol. The first-order chi connectivity index (χ1) is 9.01. The summed E-state index contributed by atoms with van der Waals surface area (Å²) in [6.45, 7) is 2.34. The van der Waals surface area contributed by atoms with E-state index in [4.69, 9.17) is 5.73 Å². The zero-order valence-electron chi connectivity index (χ0n) is 11.2. The number of rotatable bonds is 4. The standard InChI is InChI=1S/C15H18N2OS/c1-15(16,13-6-4-3-5-7-13)14(18)17(2)10-12-8-9-19-11-12/h3-9,11H,10,16H2,1-2H3. The number of carbonyl (C=O) groups excluding carboxylic acids is 1. The molecule has 0 aliphatic carbocycles. The number of benzene rings is 1. The molecule has 2 rings (SSSR count). The van der Waals surface area contributed by atoms with Gasteiger partial charge >= 0.3 is 0 Å². The van der Waals surface area contributed by atoms with Crippen LogP contribution in [0.15, 0.2) is 47.2 Å². The van der Waals surface area contributed by atoms with Gasteiger partial charge in [-0.25, -0.2) is 0 Å². The van der Waals surface area contributed by atoms with Gasteiger partial charge in [0.1, 0.15) is 5.54 Å². The Morgan fingerprint density at radius 1 is 1.32 bits per heavy atom. The molecule has 2 aromatic rings. The van der Waals surface area contributed by atoms with Gasteiger partial charge in [-0.15, -0.1) is 0 Å². The van der Waals surface area contributed by atoms with Crippen LogP contribution in [-0.2, 0) is 16.9 Å². The lowest BCUT2D eigenvalue weighted by Gasteiger charge is -2.29. The highest BCUT2D eigenvalue weighted by Crippen LogP contribution is 2.21. The van der Waals surface area contributed by atoms with E-state index in [1.165, 1.54) is 0 Å². The summed E-state index contributed by atoms with van der Waals surface area (Å²) in [5.74, 6) is -0.0788. The molecule has 3 nitrogen and oxygen atoms in total. The smallest absolute Gasteiger partial charge is 0.247 e. The Morgan fingerprint density at radius 3 is 2.58 bits per heavy atom. The number of hydrogen-bond acceptors (Lipinski definition) is 3. The second-order valence-electron chi connectivity index (χ2n) is 4.86. The van der Waals surface area contributed by atoms with Gasteiger partial charge in [0, 0.05) is 13.6 Å². The van der Waals surface area contributed by atoms with Crippen LogP contribution in [-0.4, -0.2) is 17.9 Å². The minimum absolute atomic E-state index is 0.0788. The molecule has 1 unspecified atom stereocenters. The lowest BCUT2D eigenvalue weighted by molar-refractivity contribution is -0.136. The molecule has 0 radical (unpaired) electrons. The van der Waals surface area contributed by atoms with Crippen LogP contribution in [0.5, 0.6) is 0 Å². The van der Waals surface area contributed by atoms with E-state index in [1.54, 1.807) is 30.2 Å². The fraction of sp³-hybridized carbons (Fsp3) is 0.267. The summed E-state index contributed by atoms with van der Waals surface area (Å²) in [5, 5.41) is 4.05. The first-order valence-electron chi connectivity index (χ1n) is 6.13. The predicted molar refractivity (Wildman–Crippen MR) is 78.8 cm³/mol. The quantitative estimate of drug-likeness (QED) is 0.931. The summed E-state index contributed by atoms with van der Waals surface area (Å²) in [4.78, 5) is 14.2. The minimum Gasteiger partial charge on any atom is -0.340 e. The van der Waals surface area contributed by atoms with Gasteiger partial charge in [0.15, 0.2) is 0 Å². The van der Waals surface area contributed by atoms with Gasteiger partial charge in [-0.1, -0.05) is 30.3 Å². The van der Waals surface area contributed by atoms with Crippen molar-refractivity contribution in [2.75, 3.05) is 7.05 Å². The van der Waals surface area contributed by atoms with Crippen LogP contribution in [0.3, 0.4) is 0 Å². The number of likely N-dealkylation sites (N-methyl/N-ethyl adjacent to an activating group) is 1. The molecule has 0 fully saturated rings. The Labute approximate surface area is 117 Å². The van der Waals surface area contributed by atoms with Crippen molar-refractivity contribution in [1.82, 2.24) is 4.90 Å². The van der Waals surface area contributed by atoms with Gasteiger partial charge in [-0.2, -0.15) is 11.3 Å². The number of nitrogens with zero attached hydrogens (tertiary/aromatic N) is 1. The van der Waals surface area contributed by atoms with E-state index >= 15 is 0 Å². The highest BCUT2D eigenvalue weighted by molar-refractivity contribution is 7.07. The molecule has 1 aromatic carbocycles. The maximum atomic E-state index is 12.5. The molecule has 2 N–H and O–H groups in total. The van der Waals surface area contributed by atoms with Crippen molar-refractivity contribution in [1.29, 1.82) is 0 Å². The van der Waals surface area contributed by atoms with Crippen LogP contribution in [0.2, 0.25) is 0 Å². The molecule has 19 heavy (non-hydrogen) atoms. The summed E-state index contributed by atoms with van der Waals surface area (Å²) in [6, 6.07) is 11.5. The van der Waals surface area contributed by atoms with E-state index in [0.717, 1.165) is 11.1 Å². The van der Waals surface area contributed by atoms with Crippen molar-refractivity contribution < 1.29 is 4.79 Å². The normalized spacial score (nSPS) is 13.8. The molecule has 1 atom stereocenters. The third kappa shape index (κ3) is 3.03. The number of thiophene rings is 1. The Morgan fingerprint density at radius 2 is 2.00 bits per heavy atom. The highest BCUT2D eigenvalue weighted by atomic mass is 32.1. The van der Waals surface area contributed by atoms with E-state index in [9.17, 15) is 4.79 Å². The predicted octanol–water partition coefficient (Wildman–Crippen LogP) is 2.58. The number of hydrogen-bond donors (Lipinski definition) is 1. The average Bonchev–Trinajstić information content (AvgIpc) is 2.91. The molecule has 1 aromatic heterocycles. The molecule has 0 aliphatic rings. The molecule has 0 saturated heterocycles. The van der Waals surface area contributed by atoms with E-state index < -0.39 is 5.54 Å². The zero-order chi connectivity index (χ0) is 13.9. The molecule has 100 valence electrons. The molecule has 1 heterocycles. The fourth-order valence-corrected chi connectivity index (χ4v) is 2.69. The summed E-state index contributed by atoms with van der Waals surface area (Å²) < 4.78 is 0. The summed E-state index contributed by atoms with van der Waals surface area (Å²) in [5.41, 5.74) is 7.19. The third-order valence-electron chi connectivity index (χ3n) is 3.16. The highest BCUT2D eigenvalue weighted by Gasteiger charge is 2.32. The Kier molecular flexibility index (Phi) is 4.02. The topological polar surface area (TPSA) is 46.3 Å². The maximum absolute atomic E-state index is 12.5. The Balaban J connectivity index is 2.14. The molecule has 1 amide bonds. The van der Waals surface area contributed by atoms with Crippen LogP contribution >= 0.6 is 11.3 Å². The van der Waals surface area contributed by atoms with E-state index in [0.29, 0.717) is 6.54 Å². The van der Waals surface area contributed by atoms with Gasteiger partial charge in [0.05, 0.1) is 0 Å². The molecule has 0 bridgehead atoms. The molecular formula is C15H18N2OS. The fourth-order valence-electron chi connectivity index (χ4n) is 2.03. The monoisotopic (exact) mass is 274 g/mol. The van der Waals surface area contributed by atoms with Crippen LogP contribution in [0.1, 0.15) is 18.1 Å². The third-order valence-corrected chi connectivity index (χ3v) is 3.90. The van der Waals surface area contributed by atoms with Gasteiger partial charge in [0.25, 0.3) is 0 Å². The van der Waals surface area contributed by atoms with Crippen molar-refractivity contribution in [3.63, 3.8) is 0 Å². The second-order valence-corrected chi connectivity index (χ2v) is 5.64. The number of carbonyl (C=O) groups is 1. The van der Waals surface area contributed by atoms with Gasteiger partial charge in [-0.05, 0) is 34.9 Å². The van der Waals surface area contributed by atoms with E-state index in [1.807, 2.05) is 47.2 Å². The second kappa shape index (κ2) is 5.55. The largest absolute Gasteiger partial charge is 0.340 e. The number of nitrogens with two attached hydrogens (primary N) is 1. The summed E-state index contributed by atoms with van der Waals surface area (Å²) in [7, 11) is 1.79. The van der Waals surface area contributed by atoms with Gasteiger partial charge < -0.3 is 10.6 Å². The average molecular weight is 274 g/mol. The van der Waals surface area contributed by atoms with Crippen molar-refractivity contribution in [2.24, 2.45) is 5.73 Å². The van der Waals surface area contributed by atoms with Crippen molar-refractivity contribution in [2.45, 2.75) is 19.0 Å². The molecule has 0 saturated carbocycles. The maximum Gasteiger partial charge on any atom is 0.247 e. The van der Waals surface area contributed by atoms with E-state index in [-0.39, 0.29) is 5.91 Å². The molecule has 4 heteroatoms. The lowest BCUT2D eigenvalue weighted by Crippen LogP contribution is -2.49.